The molecule has 0 aliphatic carbocycles. The van der Waals surface area contributed by atoms with E-state index in [9.17, 15) is 0 Å². The lowest BCUT2D eigenvalue weighted by Crippen LogP contribution is -2.44. The largest absolute Gasteiger partial charge is 0.468 e. The van der Waals surface area contributed by atoms with Gasteiger partial charge in [-0.1, -0.05) is 13.8 Å². The highest BCUT2D eigenvalue weighted by atomic mass is 16.3. The van der Waals surface area contributed by atoms with Crippen LogP contribution in [0.5, 0.6) is 0 Å². The Morgan fingerprint density at radius 3 is 3.00 bits per heavy atom. The summed E-state index contributed by atoms with van der Waals surface area (Å²) >= 11 is 0. The molecule has 1 unspecified atom stereocenters. The number of likely N-dealkylation sites (tertiary alicyclic amines) is 1. The van der Waals surface area contributed by atoms with Gasteiger partial charge in [0.1, 0.15) is 5.76 Å². The van der Waals surface area contributed by atoms with Gasteiger partial charge in [-0.05, 0) is 52.0 Å². The number of hydrogen-bond acceptors (Lipinski definition) is 4. The third-order valence-electron chi connectivity index (χ3n) is 4.22. The first-order chi connectivity index (χ1) is 10.0. The number of rotatable bonds is 7. The number of piperidine rings is 1. The molecule has 1 aromatic heterocycles. The van der Waals surface area contributed by atoms with Crippen LogP contribution in [-0.2, 0) is 13.1 Å². The molecule has 4 heteroatoms. The number of nitrogens with one attached hydrogen (secondary N) is 1. The summed E-state index contributed by atoms with van der Waals surface area (Å²) in [6, 6.07) is 2.84. The molecule has 2 rings (SSSR count). The van der Waals surface area contributed by atoms with Gasteiger partial charge in [0.25, 0.3) is 0 Å². The van der Waals surface area contributed by atoms with Crippen molar-refractivity contribution in [3.63, 3.8) is 0 Å². The van der Waals surface area contributed by atoms with Crippen molar-refractivity contribution in [3.8, 4) is 0 Å². The van der Waals surface area contributed by atoms with Gasteiger partial charge in [-0.15, -0.1) is 0 Å². The van der Waals surface area contributed by atoms with E-state index in [0.717, 1.165) is 25.4 Å². The van der Waals surface area contributed by atoms with Gasteiger partial charge in [0.05, 0.1) is 12.8 Å². The van der Waals surface area contributed by atoms with Crippen LogP contribution in [0.15, 0.2) is 16.7 Å². The molecule has 0 spiro atoms. The molecule has 0 amide bonds. The van der Waals surface area contributed by atoms with Crippen LogP contribution in [-0.4, -0.2) is 49.6 Å². The molecule has 1 fully saturated rings. The molecule has 0 bridgehead atoms. The second-order valence-electron chi connectivity index (χ2n) is 6.92. The molecule has 1 N–H and O–H groups in total. The zero-order valence-electron chi connectivity index (χ0n) is 14.1. The van der Waals surface area contributed by atoms with Crippen molar-refractivity contribution >= 4 is 0 Å². The lowest BCUT2D eigenvalue weighted by atomic mass is 10.1. The fourth-order valence-corrected chi connectivity index (χ4v) is 2.98. The monoisotopic (exact) mass is 293 g/mol. The third-order valence-corrected chi connectivity index (χ3v) is 4.22. The van der Waals surface area contributed by atoms with Crippen LogP contribution < -0.4 is 5.32 Å². The summed E-state index contributed by atoms with van der Waals surface area (Å²) in [5.74, 6) is 1.76. The normalized spacial score (nSPS) is 20.6. The van der Waals surface area contributed by atoms with Crippen LogP contribution >= 0.6 is 0 Å². The summed E-state index contributed by atoms with van der Waals surface area (Å²) in [6.07, 6.45) is 4.49. The van der Waals surface area contributed by atoms with E-state index in [0.29, 0.717) is 12.0 Å². The van der Waals surface area contributed by atoms with Crippen molar-refractivity contribution in [3.05, 3.63) is 23.7 Å². The number of furan rings is 1. The standard InChI is InChI=1S/C17H31N3O/c1-14(2)9-18-10-15-8-17(21-13-15)12-20(4)16-6-5-7-19(3)11-16/h8,13-14,16,18H,5-7,9-12H2,1-4H3. The number of hydrogen-bond donors (Lipinski definition) is 1. The van der Waals surface area contributed by atoms with Gasteiger partial charge in [-0.25, -0.2) is 0 Å². The molecule has 21 heavy (non-hydrogen) atoms. The SMILES string of the molecule is CC(C)CNCc1coc(CN(C)C2CCCN(C)C2)c1. The molecule has 2 heterocycles. The molecule has 0 saturated carbocycles. The van der Waals surface area contributed by atoms with E-state index in [1.807, 2.05) is 6.26 Å². The van der Waals surface area contributed by atoms with Crippen LogP contribution in [0.25, 0.3) is 0 Å². The van der Waals surface area contributed by atoms with Gasteiger partial charge < -0.3 is 14.6 Å². The van der Waals surface area contributed by atoms with Crippen LogP contribution in [0.3, 0.4) is 0 Å². The van der Waals surface area contributed by atoms with E-state index >= 15 is 0 Å². The van der Waals surface area contributed by atoms with Crippen molar-refractivity contribution < 1.29 is 4.42 Å². The summed E-state index contributed by atoms with van der Waals surface area (Å²) < 4.78 is 5.72. The first kappa shape index (κ1) is 16.5. The Labute approximate surface area is 129 Å². The Morgan fingerprint density at radius 1 is 1.48 bits per heavy atom. The van der Waals surface area contributed by atoms with Gasteiger partial charge in [0.15, 0.2) is 0 Å². The average Bonchev–Trinajstić information content (AvgIpc) is 2.86. The lowest BCUT2D eigenvalue weighted by Gasteiger charge is -2.35. The smallest absolute Gasteiger partial charge is 0.118 e. The van der Waals surface area contributed by atoms with Gasteiger partial charge >= 0.3 is 0 Å². The molecule has 120 valence electrons. The van der Waals surface area contributed by atoms with E-state index in [4.69, 9.17) is 4.42 Å². The van der Waals surface area contributed by atoms with Crippen LogP contribution in [0.4, 0.5) is 0 Å². The molecular formula is C17H31N3O. The molecule has 1 saturated heterocycles. The van der Waals surface area contributed by atoms with Crippen molar-refractivity contribution in [2.45, 2.75) is 45.8 Å². The first-order valence-electron chi connectivity index (χ1n) is 8.20. The highest BCUT2D eigenvalue weighted by Gasteiger charge is 2.21. The Morgan fingerprint density at radius 2 is 2.29 bits per heavy atom. The van der Waals surface area contributed by atoms with Crippen LogP contribution in [0, 0.1) is 5.92 Å². The maximum Gasteiger partial charge on any atom is 0.118 e. The minimum atomic E-state index is 0.649. The summed E-state index contributed by atoms with van der Waals surface area (Å²) in [5.41, 5.74) is 1.25. The highest BCUT2D eigenvalue weighted by molar-refractivity contribution is 5.12. The number of nitrogens with zero attached hydrogens (tertiary/aromatic N) is 2. The molecule has 0 radical (unpaired) electrons. The molecule has 0 aromatic carbocycles. The van der Waals surface area contributed by atoms with E-state index in [1.54, 1.807) is 0 Å². The zero-order chi connectivity index (χ0) is 15.2. The summed E-state index contributed by atoms with van der Waals surface area (Å²) in [6.45, 7) is 9.71. The Kier molecular flexibility index (Phi) is 6.27. The second-order valence-corrected chi connectivity index (χ2v) is 6.92. The maximum absolute atomic E-state index is 5.72. The maximum atomic E-state index is 5.72. The summed E-state index contributed by atoms with van der Waals surface area (Å²) in [4.78, 5) is 4.86. The fourth-order valence-electron chi connectivity index (χ4n) is 2.98. The Hall–Kier alpha value is -0.840. The fraction of sp³-hybridized carbons (Fsp3) is 0.765. The van der Waals surface area contributed by atoms with Crippen molar-refractivity contribution in [1.29, 1.82) is 0 Å². The predicted octanol–water partition coefficient (Wildman–Crippen LogP) is 2.55. The first-order valence-corrected chi connectivity index (χ1v) is 8.20. The molecule has 1 aromatic rings. The van der Waals surface area contributed by atoms with Crippen LogP contribution in [0.1, 0.15) is 38.0 Å². The minimum absolute atomic E-state index is 0.649. The quantitative estimate of drug-likeness (QED) is 0.837. The Balaban J connectivity index is 1.78. The molecule has 4 nitrogen and oxygen atoms in total. The predicted molar refractivity (Wildman–Crippen MR) is 87.2 cm³/mol. The molecule has 1 aliphatic rings. The summed E-state index contributed by atoms with van der Waals surface area (Å²) in [7, 11) is 4.43. The lowest BCUT2D eigenvalue weighted by molar-refractivity contribution is 0.123. The van der Waals surface area contributed by atoms with E-state index < -0.39 is 0 Å². The van der Waals surface area contributed by atoms with Gasteiger partial charge in [0.2, 0.25) is 0 Å². The van der Waals surface area contributed by atoms with E-state index in [-0.39, 0.29) is 0 Å². The molecule has 1 aliphatic heterocycles. The third kappa shape index (κ3) is 5.46. The van der Waals surface area contributed by atoms with Crippen molar-refractivity contribution in [2.24, 2.45) is 5.92 Å². The van der Waals surface area contributed by atoms with Crippen molar-refractivity contribution in [1.82, 2.24) is 15.1 Å². The minimum Gasteiger partial charge on any atom is -0.468 e. The van der Waals surface area contributed by atoms with E-state index in [1.165, 1.54) is 31.5 Å². The average molecular weight is 293 g/mol. The second kappa shape index (κ2) is 7.97. The molecule has 1 atom stereocenters. The summed E-state index contributed by atoms with van der Waals surface area (Å²) in [5, 5.41) is 3.46. The topological polar surface area (TPSA) is 31.7 Å². The number of likely N-dealkylation sites (N-methyl/N-ethyl adjacent to an activating group) is 2. The van der Waals surface area contributed by atoms with Gasteiger partial charge in [-0.3, -0.25) is 4.90 Å². The molecular weight excluding hydrogens is 262 g/mol. The Bertz CT molecular complexity index is 416. The highest BCUT2D eigenvalue weighted by Crippen LogP contribution is 2.17. The van der Waals surface area contributed by atoms with Crippen molar-refractivity contribution in [2.75, 3.05) is 33.7 Å². The van der Waals surface area contributed by atoms with Gasteiger partial charge in [0, 0.05) is 24.7 Å². The van der Waals surface area contributed by atoms with Crippen LogP contribution in [0.2, 0.25) is 0 Å². The van der Waals surface area contributed by atoms with E-state index in [2.05, 4.69) is 49.1 Å². The van der Waals surface area contributed by atoms with Gasteiger partial charge in [-0.2, -0.15) is 0 Å². The zero-order valence-corrected chi connectivity index (χ0v) is 14.1.